The SMILES string of the molecule is CNC(C)(C#N)COc1cc(C)ccc1C. The zero-order valence-corrected chi connectivity index (χ0v) is 10.3. The van der Waals surface area contributed by atoms with Crippen LogP contribution in [-0.2, 0) is 0 Å². The molecule has 1 unspecified atom stereocenters. The van der Waals surface area contributed by atoms with Crippen LogP contribution in [0.2, 0.25) is 0 Å². The second-order valence-corrected chi connectivity index (χ2v) is 4.25. The summed E-state index contributed by atoms with van der Waals surface area (Å²) < 4.78 is 5.68. The summed E-state index contributed by atoms with van der Waals surface area (Å²) in [5, 5.41) is 11.9. The first kappa shape index (κ1) is 12.5. The van der Waals surface area contributed by atoms with Gasteiger partial charge in [-0.3, -0.25) is 5.32 Å². The quantitative estimate of drug-likeness (QED) is 0.842. The number of hydrogen-bond acceptors (Lipinski definition) is 3. The Morgan fingerprint density at radius 1 is 1.44 bits per heavy atom. The highest BCUT2D eigenvalue weighted by Crippen LogP contribution is 2.20. The van der Waals surface area contributed by atoms with E-state index >= 15 is 0 Å². The van der Waals surface area contributed by atoms with Crippen LogP contribution in [0.3, 0.4) is 0 Å². The predicted molar refractivity (Wildman–Crippen MR) is 64.5 cm³/mol. The number of ether oxygens (including phenoxy) is 1. The van der Waals surface area contributed by atoms with E-state index < -0.39 is 5.54 Å². The predicted octanol–water partition coefficient (Wildman–Crippen LogP) is 2.18. The molecule has 0 saturated carbocycles. The molecule has 0 amide bonds. The molecule has 0 aromatic heterocycles. The van der Waals surface area contributed by atoms with Crippen LogP contribution in [0.15, 0.2) is 18.2 Å². The molecule has 3 nitrogen and oxygen atoms in total. The fourth-order valence-corrected chi connectivity index (χ4v) is 1.25. The molecule has 16 heavy (non-hydrogen) atoms. The molecule has 0 saturated heterocycles. The van der Waals surface area contributed by atoms with Crippen LogP contribution in [-0.4, -0.2) is 19.2 Å². The molecule has 1 N–H and O–H groups in total. The van der Waals surface area contributed by atoms with Crippen molar-refractivity contribution >= 4 is 0 Å². The molecule has 0 aliphatic rings. The molecule has 1 aromatic carbocycles. The Labute approximate surface area is 97.0 Å². The summed E-state index contributed by atoms with van der Waals surface area (Å²) in [5.41, 5.74) is 1.60. The summed E-state index contributed by atoms with van der Waals surface area (Å²) >= 11 is 0. The number of aryl methyl sites for hydroxylation is 2. The van der Waals surface area contributed by atoms with Crippen molar-refractivity contribution in [3.63, 3.8) is 0 Å². The van der Waals surface area contributed by atoms with Crippen molar-refractivity contribution in [1.82, 2.24) is 5.32 Å². The molecule has 1 aromatic rings. The van der Waals surface area contributed by atoms with Crippen molar-refractivity contribution in [3.05, 3.63) is 29.3 Å². The minimum Gasteiger partial charge on any atom is -0.490 e. The second kappa shape index (κ2) is 5.00. The highest BCUT2D eigenvalue weighted by atomic mass is 16.5. The van der Waals surface area contributed by atoms with E-state index in [0.29, 0.717) is 6.61 Å². The summed E-state index contributed by atoms with van der Waals surface area (Å²) in [5.74, 6) is 0.844. The van der Waals surface area contributed by atoms with Gasteiger partial charge in [0.25, 0.3) is 0 Å². The van der Waals surface area contributed by atoms with Gasteiger partial charge in [0.05, 0.1) is 6.07 Å². The maximum Gasteiger partial charge on any atom is 0.137 e. The largest absolute Gasteiger partial charge is 0.490 e. The van der Waals surface area contributed by atoms with Crippen molar-refractivity contribution in [2.24, 2.45) is 0 Å². The molecule has 0 aliphatic carbocycles. The standard InChI is InChI=1S/C13H18N2O/c1-10-5-6-11(2)12(7-10)16-9-13(3,8-14)15-4/h5-7,15H,9H2,1-4H3. The molecule has 0 radical (unpaired) electrons. The van der Waals surface area contributed by atoms with E-state index in [1.165, 1.54) is 0 Å². The van der Waals surface area contributed by atoms with Crippen LogP contribution in [0.4, 0.5) is 0 Å². The van der Waals surface area contributed by atoms with Gasteiger partial charge in [0.2, 0.25) is 0 Å². The van der Waals surface area contributed by atoms with Gasteiger partial charge < -0.3 is 4.74 Å². The molecular formula is C13H18N2O. The lowest BCUT2D eigenvalue weighted by Gasteiger charge is -2.21. The fourth-order valence-electron chi connectivity index (χ4n) is 1.25. The lowest BCUT2D eigenvalue weighted by Crippen LogP contribution is -2.43. The van der Waals surface area contributed by atoms with Gasteiger partial charge in [-0.1, -0.05) is 12.1 Å². The molecule has 3 heteroatoms. The van der Waals surface area contributed by atoms with Gasteiger partial charge in [0.1, 0.15) is 17.9 Å². The molecule has 0 aliphatic heterocycles. The normalized spacial score (nSPS) is 13.9. The van der Waals surface area contributed by atoms with Gasteiger partial charge >= 0.3 is 0 Å². The Morgan fingerprint density at radius 2 is 2.12 bits per heavy atom. The van der Waals surface area contributed by atoms with Gasteiger partial charge in [-0.05, 0) is 45.0 Å². The monoisotopic (exact) mass is 218 g/mol. The average Bonchev–Trinajstić information content (AvgIpc) is 2.30. The van der Waals surface area contributed by atoms with Crippen LogP contribution in [0.5, 0.6) is 5.75 Å². The number of benzene rings is 1. The lowest BCUT2D eigenvalue weighted by molar-refractivity contribution is 0.241. The van der Waals surface area contributed by atoms with E-state index in [9.17, 15) is 0 Å². The zero-order valence-electron chi connectivity index (χ0n) is 10.3. The molecule has 0 spiro atoms. The fraction of sp³-hybridized carbons (Fsp3) is 0.462. The first-order chi connectivity index (χ1) is 7.50. The maximum atomic E-state index is 8.99. The third-order valence-electron chi connectivity index (χ3n) is 2.66. The van der Waals surface area contributed by atoms with Gasteiger partial charge in [-0.2, -0.15) is 5.26 Å². The number of nitriles is 1. The van der Waals surface area contributed by atoms with Crippen LogP contribution >= 0.6 is 0 Å². The number of likely N-dealkylation sites (N-methyl/N-ethyl adjacent to an activating group) is 1. The van der Waals surface area contributed by atoms with E-state index in [1.54, 1.807) is 7.05 Å². The number of nitrogens with one attached hydrogen (secondary N) is 1. The molecule has 86 valence electrons. The minimum atomic E-state index is -0.643. The summed E-state index contributed by atoms with van der Waals surface area (Å²) in [6.07, 6.45) is 0. The zero-order chi connectivity index (χ0) is 12.2. The van der Waals surface area contributed by atoms with Crippen molar-refractivity contribution in [3.8, 4) is 11.8 Å². The van der Waals surface area contributed by atoms with E-state index in [4.69, 9.17) is 10.00 Å². The Balaban J connectivity index is 2.75. The summed E-state index contributed by atoms with van der Waals surface area (Å²) in [4.78, 5) is 0. The number of rotatable bonds is 4. The van der Waals surface area contributed by atoms with Crippen LogP contribution in [0, 0.1) is 25.2 Å². The summed E-state index contributed by atoms with van der Waals surface area (Å²) in [7, 11) is 1.76. The van der Waals surface area contributed by atoms with E-state index in [-0.39, 0.29) is 0 Å². The van der Waals surface area contributed by atoms with Gasteiger partial charge in [-0.25, -0.2) is 0 Å². The first-order valence-electron chi connectivity index (χ1n) is 5.31. The topological polar surface area (TPSA) is 45.0 Å². The molecule has 0 bridgehead atoms. The third kappa shape index (κ3) is 2.98. The highest BCUT2D eigenvalue weighted by molar-refractivity contribution is 5.36. The van der Waals surface area contributed by atoms with Crippen molar-refractivity contribution in [1.29, 1.82) is 5.26 Å². The van der Waals surface area contributed by atoms with Crippen LogP contribution in [0.1, 0.15) is 18.1 Å². The Kier molecular flexibility index (Phi) is 3.92. The Hall–Kier alpha value is -1.53. The Bertz CT molecular complexity index is 409. The molecule has 1 rings (SSSR count). The lowest BCUT2D eigenvalue weighted by atomic mass is 10.1. The smallest absolute Gasteiger partial charge is 0.137 e. The third-order valence-corrected chi connectivity index (χ3v) is 2.66. The average molecular weight is 218 g/mol. The highest BCUT2D eigenvalue weighted by Gasteiger charge is 2.22. The summed E-state index contributed by atoms with van der Waals surface area (Å²) in [6.45, 7) is 6.17. The van der Waals surface area contributed by atoms with Gasteiger partial charge in [0, 0.05) is 0 Å². The van der Waals surface area contributed by atoms with Crippen molar-refractivity contribution < 1.29 is 4.74 Å². The van der Waals surface area contributed by atoms with E-state index in [0.717, 1.165) is 16.9 Å². The number of hydrogen-bond donors (Lipinski definition) is 1. The maximum absolute atomic E-state index is 8.99. The van der Waals surface area contributed by atoms with Gasteiger partial charge in [-0.15, -0.1) is 0 Å². The number of nitrogens with zero attached hydrogens (tertiary/aromatic N) is 1. The van der Waals surface area contributed by atoms with Crippen LogP contribution < -0.4 is 10.1 Å². The molecule has 0 heterocycles. The van der Waals surface area contributed by atoms with Crippen LogP contribution in [0.25, 0.3) is 0 Å². The van der Waals surface area contributed by atoms with E-state index in [1.807, 2.05) is 39.0 Å². The van der Waals surface area contributed by atoms with Crippen molar-refractivity contribution in [2.45, 2.75) is 26.3 Å². The molecule has 1 atom stereocenters. The summed E-state index contributed by atoms with van der Waals surface area (Å²) in [6, 6.07) is 8.25. The molecule has 0 fully saturated rings. The minimum absolute atomic E-state index is 0.338. The molecular weight excluding hydrogens is 200 g/mol. The van der Waals surface area contributed by atoms with E-state index in [2.05, 4.69) is 11.4 Å². The first-order valence-corrected chi connectivity index (χ1v) is 5.31. The Morgan fingerprint density at radius 3 is 2.69 bits per heavy atom. The second-order valence-electron chi connectivity index (χ2n) is 4.25. The van der Waals surface area contributed by atoms with Crippen molar-refractivity contribution in [2.75, 3.05) is 13.7 Å². The van der Waals surface area contributed by atoms with Gasteiger partial charge in [0.15, 0.2) is 0 Å².